The van der Waals surface area contributed by atoms with Crippen LogP contribution in [0.2, 0.25) is 5.02 Å². The van der Waals surface area contributed by atoms with Crippen LogP contribution in [0.25, 0.3) is 11.4 Å². The Hall–Kier alpha value is -2.71. The average molecular weight is 487 g/mol. The molecule has 3 heterocycles. The Kier molecular flexibility index (Phi) is 5.04. The van der Waals surface area contributed by atoms with Crippen LogP contribution >= 0.6 is 27.5 Å². The van der Waals surface area contributed by atoms with Crippen molar-refractivity contribution in [1.29, 1.82) is 0 Å². The normalized spacial score (nSPS) is 18.9. The van der Waals surface area contributed by atoms with Crippen LogP contribution < -0.4 is 5.01 Å². The Labute approximate surface area is 186 Å². The van der Waals surface area contributed by atoms with Gasteiger partial charge in [-0.1, -0.05) is 57.0 Å². The van der Waals surface area contributed by atoms with Gasteiger partial charge in [-0.15, -0.1) is 0 Å². The van der Waals surface area contributed by atoms with Crippen molar-refractivity contribution >= 4 is 45.2 Å². The van der Waals surface area contributed by atoms with Crippen LogP contribution in [0.5, 0.6) is 0 Å². The lowest BCUT2D eigenvalue weighted by molar-refractivity contribution is -0.128. The highest BCUT2D eigenvalue weighted by Gasteiger charge is 2.39. The molecule has 0 saturated carbocycles. The van der Waals surface area contributed by atoms with Gasteiger partial charge in [0.05, 0.1) is 18.3 Å². The molecule has 2 aromatic carbocycles. The summed E-state index contributed by atoms with van der Waals surface area (Å²) in [5.41, 5.74) is 2.55. The van der Waals surface area contributed by atoms with Crippen LogP contribution in [-0.4, -0.2) is 45.8 Å². The molecule has 9 heteroatoms. The first-order valence-corrected chi connectivity index (χ1v) is 10.8. The second-order valence-electron chi connectivity index (χ2n) is 7.19. The van der Waals surface area contributed by atoms with E-state index in [1.807, 2.05) is 53.4 Å². The van der Waals surface area contributed by atoms with Crippen LogP contribution in [0.3, 0.4) is 0 Å². The highest BCUT2D eigenvalue weighted by atomic mass is 79.9. The van der Waals surface area contributed by atoms with E-state index in [0.717, 1.165) is 34.3 Å². The summed E-state index contributed by atoms with van der Waals surface area (Å²) in [5, 5.41) is 11.2. The molecule has 1 fully saturated rings. The molecular formula is C21H17BrClN5O2. The monoisotopic (exact) mass is 485 g/mol. The molecule has 152 valence electrons. The highest BCUT2D eigenvalue weighted by molar-refractivity contribution is 9.10. The molecule has 3 aromatic rings. The summed E-state index contributed by atoms with van der Waals surface area (Å²) < 4.78 is 6.44. The van der Waals surface area contributed by atoms with Gasteiger partial charge in [-0.05, 0) is 30.7 Å². The predicted octanol–water partition coefficient (Wildman–Crippen LogP) is 4.37. The quantitative estimate of drug-likeness (QED) is 0.547. The maximum absolute atomic E-state index is 12.4. The summed E-state index contributed by atoms with van der Waals surface area (Å²) in [6.07, 6.45) is 1.43. The van der Waals surface area contributed by atoms with E-state index in [1.54, 1.807) is 5.01 Å². The van der Waals surface area contributed by atoms with Gasteiger partial charge in [-0.2, -0.15) is 10.1 Å². The van der Waals surface area contributed by atoms with Gasteiger partial charge in [0.15, 0.2) is 0 Å². The highest BCUT2D eigenvalue weighted by Crippen LogP contribution is 2.29. The first-order valence-electron chi connectivity index (χ1n) is 9.59. The van der Waals surface area contributed by atoms with Gasteiger partial charge >= 0.3 is 6.01 Å². The molecule has 2 aliphatic heterocycles. The summed E-state index contributed by atoms with van der Waals surface area (Å²) in [4.78, 5) is 18.8. The van der Waals surface area contributed by atoms with E-state index in [9.17, 15) is 4.79 Å². The van der Waals surface area contributed by atoms with E-state index < -0.39 is 0 Å². The number of rotatable bonds is 4. The standard InChI is InChI=1S/C21H17BrClN5O2/c22-15-4-1-3-14(11-15)20-24-21(30-26-20)28-12-17(27-10-2-5-18(27)29)19(25-28)13-6-8-16(23)9-7-13/h1,3-4,6-9,11,17H,2,5,10,12H2. The SMILES string of the molecule is O=C1CCCN1C1CN(c2nc(-c3cccc(Br)c3)no2)N=C1c1ccc(Cl)cc1. The van der Waals surface area contributed by atoms with Crippen LogP contribution in [0, 0.1) is 0 Å². The summed E-state index contributed by atoms with van der Waals surface area (Å²) in [5.74, 6) is 0.624. The lowest BCUT2D eigenvalue weighted by Crippen LogP contribution is -2.44. The predicted molar refractivity (Wildman–Crippen MR) is 118 cm³/mol. The Bertz CT molecular complexity index is 1130. The number of nitrogens with zero attached hydrogens (tertiary/aromatic N) is 5. The van der Waals surface area contributed by atoms with Gasteiger partial charge in [0.1, 0.15) is 0 Å². The molecule has 1 amide bonds. The van der Waals surface area contributed by atoms with E-state index in [2.05, 4.69) is 26.1 Å². The summed E-state index contributed by atoms with van der Waals surface area (Å²) in [6, 6.07) is 15.3. The summed E-state index contributed by atoms with van der Waals surface area (Å²) >= 11 is 9.51. The number of carbonyl (C=O) groups excluding carboxylic acids is 1. The topological polar surface area (TPSA) is 74.8 Å². The Balaban J connectivity index is 1.48. The molecule has 0 N–H and O–H groups in total. The Morgan fingerprint density at radius 2 is 1.97 bits per heavy atom. The zero-order chi connectivity index (χ0) is 20.7. The van der Waals surface area contributed by atoms with Gasteiger partial charge in [0.25, 0.3) is 0 Å². The molecule has 1 saturated heterocycles. The number of anilines is 1. The first-order chi connectivity index (χ1) is 14.6. The summed E-state index contributed by atoms with van der Waals surface area (Å²) in [6.45, 7) is 1.18. The molecule has 30 heavy (non-hydrogen) atoms. The number of amides is 1. The van der Waals surface area contributed by atoms with Gasteiger partial charge in [-0.3, -0.25) is 4.79 Å². The van der Waals surface area contributed by atoms with Crippen molar-refractivity contribution in [3.63, 3.8) is 0 Å². The lowest BCUT2D eigenvalue weighted by atomic mass is 10.0. The molecule has 1 atom stereocenters. The van der Waals surface area contributed by atoms with Crippen molar-refractivity contribution in [2.24, 2.45) is 5.10 Å². The zero-order valence-electron chi connectivity index (χ0n) is 15.8. The van der Waals surface area contributed by atoms with Crippen LogP contribution in [-0.2, 0) is 4.79 Å². The van der Waals surface area contributed by atoms with Crippen molar-refractivity contribution in [2.75, 3.05) is 18.1 Å². The minimum absolute atomic E-state index is 0.142. The van der Waals surface area contributed by atoms with Crippen molar-refractivity contribution in [1.82, 2.24) is 15.0 Å². The van der Waals surface area contributed by atoms with Crippen molar-refractivity contribution < 1.29 is 9.32 Å². The molecule has 0 radical (unpaired) electrons. The Morgan fingerprint density at radius 3 is 2.70 bits per heavy atom. The van der Waals surface area contributed by atoms with E-state index in [4.69, 9.17) is 21.2 Å². The van der Waals surface area contributed by atoms with E-state index in [0.29, 0.717) is 29.8 Å². The number of aromatic nitrogens is 2. The molecule has 0 bridgehead atoms. The van der Waals surface area contributed by atoms with E-state index >= 15 is 0 Å². The van der Waals surface area contributed by atoms with Crippen LogP contribution in [0.15, 0.2) is 62.6 Å². The molecule has 1 aromatic heterocycles. The number of carbonyl (C=O) groups is 1. The van der Waals surface area contributed by atoms with Crippen molar-refractivity contribution in [2.45, 2.75) is 18.9 Å². The molecular weight excluding hydrogens is 470 g/mol. The minimum Gasteiger partial charge on any atom is -0.332 e. The second-order valence-corrected chi connectivity index (χ2v) is 8.54. The lowest BCUT2D eigenvalue weighted by Gasteiger charge is -2.25. The molecule has 1 unspecified atom stereocenters. The largest absolute Gasteiger partial charge is 0.344 e. The minimum atomic E-state index is -0.178. The molecule has 0 aliphatic carbocycles. The third-order valence-corrected chi connectivity index (χ3v) is 5.98. The van der Waals surface area contributed by atoms with Crippen molar-refractivity contribution in [3.05, 3.63) is 63.6 Å². The number of hydrogen-bond donors (Lipinski definition) is 0. The number of likely N-dealkylation sites (tertiary alicyclic amines) is 1. The van der Waals surface area contributed by atoms with Gasteiger partial charge < -0.3 is 9.42 Å². The summed E-state index contributed by atoms with van der Waals surface area (Å²) in [7, 11) is 0. The molecule has 2 aliphatic rings. The van der Waals surface area contributed by atoms with E-state index in [1.165, 1.54) is 0 Å². The fourth-order valence-electron chi connectivity index (χ4n) is 3.79. The maximum Gasteiger partial charge on any atom is 0.344 e. The van der Waals surface area contributed by atoms with Gasteiger partial charge in [0.2, 0.25) is 11.7 Å². The van der Waals surface area contributed by atoms with Crippen LogP contribution in [0.4, 0.5) is 6.01 Å². The zero-order valence-corrected chi connectivity index (χ0v) is 18.2. The fraction of sp³-hybridized carbons (Fsp3) is 0.238. The molecule has 0 spiro atoms. The average Bonchev–Trinajstić information content (AvgIpc) is 3.47. The number of hydrogen-bond acceptors (Lipinski definition) is 6. The van der Waals surface area contributed by atoms with Gasteiger partial charge in [0, 0.05) is 33.6 Å². The molecule has 5 rings (SSSR count). The smallest absolute Gasteiger partial charge is 0.332 e. The number of hydrazone groups is 1. The second kappa shape index (κ2) is 7.85. The van der Waals surface area contributed by atoms with Crippen LogP contribution in [0.1, 0.15) is 18.4 Å². The Morgan fingerprint density at radius 1 is 1.13 bits per heavy atom. The number of halogens is 2. The third kappa shape index (κ3) is 3.61. The van der Waals surface area contributed by atoms with E-state index in [-0.39, 0.29) is 11.9 Å². The fourth-order valence-corrected chi connectivity index (χ4v) is 4.31. The maximum atomic E-state index is 12.4. The van der Waals surface area contributed by atoms with Crippen molar-refractivity contribution in [3.8, 4) is 11.4 Å². The van der Waals surface area contributed by atoms with Gasteiger partial charge in [-0.25, -0.2) is 5.01 Å². The number of benzene rings is 2. The first kappa shape index (κ1) is 19.3. The molecule has 7 nitrogen and oxygen atoms in total. The third-order valence-electron chi connectivity index (χ3n) is 5.24.